The molecule has 0 aromatic heterocycles. The normalized spacial score (nSPS) is 13.7. The predicted octanol–water partition coefficient (Wildman–Crippen LogP) is -0.559. The molecule has 0 aliphatic rings. The summed E-state index contributed by atoms with van der Waals surface area (Å²) in [5.41, 5.74) is 10.6. The fraction of sp³-hybridized carbons (Fsp3) is 0.438. The number of rotatable bonds is 7. The van der Waals surface area contributed by atoms with Gasteiger partial charge in [0, 0.05) is 6.42 Å². The SMILES string of the molecule is C[C@H](NC(=O)[C@H](Cc1ccccc1)NC(=O)C(C)(C)N)C(N)=O. The van der Waals surface area contributed by atoms with Crippen molar-refractivity contribution in [2.75, 3.05) is 0 Å². The van der Waals surface area contributed by atoms with Crippen LogP contribution in [0.2, 0.25) is 0 Å². The summed E-state index contributed by atoms with van der Waals surface area (Å²) >= 11 is 0. The van der Waals surface area contributed by atoms with Crippen LogP contribution in [0, 0.1) is 0 Å². The van der Waals surface area contributed by atoms with E-state index in [0.717, 1.165) is 5.56 Å². The Morgan fingerprint density at radius 3 is 2.17 bits per heavy atom. The van der Waals surface area contributed by atoms with Crippen molar-refractivity contribution in [2.24, 2.45) is 11.5 Å². The van der Waals surface area contributed by atoms with Gasteiger partial charge in [0.15, 0.2) is 0 Å². The maximum Gasteiger partial charge on any atom is 0.243 e. The largest absolute Gasteiger partial charge is 0.368 e. The summed E-state index contributed by atoms with van der Waals surface area (Å²) in [5.74, 6) is -1.60. The third kappa shape index (κ3) is 6.07. The second kappa shape index (κ2) is 7.73. The Hall–Kier alpha value is -2.41. The molecule has 7 nitrogen and oxygen atoms in total. The van der Waals surface area contributed by atoms with Gasteiger partial charge >= 0.3 is 0 Å². The van der Waals surface area contributed by atoms with Crippen LogP contribution in [0.3, 0.4) is 0 Å². The molecular weight excluding hydrogens is 296 g/mol. The molecule has 1 aromatic carbocycles. The van der Waals surface area contributed by atoms with Crippen LogP contribution in [0.1, 0.15) is 26.3 Å². The lowest BCUT2D eigenvalue weighted by Gasteiger charge is -2.24. The van der Waals surface area contributed by atoms with E-state index in [1.165, 1.54) is 6.92 Å². The summed E-state index contributed by atoms with van der Waals surface area (Å²) in [5, 5.41) is 5.11. The van der Waals surface area contributed by atoms with Crippen LogP contribution >= 0.6 is 0 Å². The molecule has 126 valence electrons. The lowest BCUT2D eigenvalue weighted by molar-refractivity contribution is -0.132. The Balaban J connectivity index is 2.89. The minimum atomic E-state index is -1.12. The lowest BCUT2D eigenvalue weighted by Crippen LogP contribution is -2.58. The van der Waals surface area contributed by atoms with Crippen molar-refractivity contribution in [3.63, 3.8) is 0 Å². The van der Waals surface area contributed by atoms with Gasteiger partial charge in [-0.15, -0.1) is 0 Å². The first-order chi connectivity index (χ1) is 10.6. The molecular formula is C16H24N4O3. The molecule has 1 rings (SSSR count). The molecule has 0 fully saturated rings. The number of hydrogen-bond donors (Lipinski definition) is 4. The van der Waals surface area contributed by atoms with Crippen LogP contribution in [-0.4, -0.2) is 35.3 Å². The molecule has 0 bridgehead atoms. The van der Waals surface area contributed by atoms with Gasteiger partial charge in [-0.2, -0.15) is 0 Å². The van der Waals surface area contributed by atoms with Crippen molar-refractivity contribution in [2.45, 2.75) is 44.8 Å². The van der Waals surface area contributed by atoms with Crippen LogP contribution in [0.4, 0.5) is 0 Å². The first-order valence-corrected chi connectivity index (χ1v) is 7.34. The minimum Gasteiger partial charge on any atom is -0.368 e. The lowest BCUT2D eigenvalue weighted by atomic mass is 10.0. The first kappa shape index (κ1) is 18.6. The Morgan fingerprint density at radius 2 is 1.70 bits per heavy atom. The highest BCUT2D eigenvalue weighted by Crippen LogP contribution is 2.06. The van der Waals surface area contributed by atoms with E-state index in [4.69, 9.17) is 11.5 Å². The zero-order valence-electron chi connectivity index (χ0n) is 13.6. The molecule has 0 spiro atoms. The maximum absolute atomic E-state index is 12.4. The summed E-state index contributed by atoms with van der Waals surface area (Å²) in [6.07, 6.45) is 0.278. The van der Waals surface area contributed by atoms with Crippen molar-refractivity contribution in [3.8, 4) is 0 Å². The molecule has 2 atom stereocenters. The van der Waals surface area contributed by atoms with Gasteiger partial charge in [0.05, 0.1) is 5.54 Å². The first-order valence-electron chi connectivity index (χ1n) is 7.34. The number of nitrogens with one attached hydrogen (secondary N) is 2. The average molecular weight is 320 g/mol. The van der Waals surface area contributed by atoms with Crippen LogP contribution in [0.25, 0.3) is 0 Å². The van der Waals surface area contributed by atoms with E-state index in [9.17, 15) is 14.4 Å². The molecule has 0 heterocycles. The number of carbonyl (C=O) groups excluding carboxylic acids is 3. The van der Waals surface area contributed by atoms with Crippen molar-refractivity contribution in [3.05, 3.63) is 35.9 Å². The zero-order valence-corrected chi connectivity index (χ0v) is 13.6. The fourth-order valence-electron chi connectivity index (χ4n) is 1.79. The molecule has 23 heavy (non-hydrogen) atoms. The van der Waals surface area contributed by atoms with Crippen LogP contribution in [0.5, 0.6) is 0 Å². The summed E-state index contributed by atoms with van der Waals surface area (Å²) in [4.78, 5) is 35.5. The third-order valence-corrected chi connectivity index (χ3v) is 3.28. The average Bonchev–Trinajstić information content (AvgIpc) is 2.46. The van der Waals surface area contributed by atoms with Crippen molar-refractivity contribution in [1.82, 2.24) is 10.6 Å². The Labute approximate surface area is 135 Å². The summed E-state index contributed by atoms with van der Waals surface area (Å²) < 4.78 is 0. The molecule has 0 aliphatic carbocycles. The second-order valence-corrected chi connectivity index (χ2v) is 6.07. The van der Waals surface area contributed by atoms with Crippen LogP contribution < -0.4 is 22.1 Å². The maximum atomic E-state index is 12.4. The van der Waals surface area contributed by atoms with Gasteiger partial charge in [0.2, 0.25) is 17.7 Å². The van der Waals surface area contributed by atoms with E-state index < -0.39 is 35.3 Å². The molecule has 0 aliphatic heterocycles. The van der Waals surface area contributed by atoms with E-state index in [1.54, 1.807) is 13.8 Å². The van der Waals surface area contributed by atoms with Gasteiger partial charge in [0.1, 0.15) is 12.1 Å². The van der Waals surface area contributed by atoms with Gasteiger partial charge in [-0.05, 0) is 26.3 Å². The zero-order chi connectivity index (χ0) is 17.6. The predicted molar refractivity (Wildman–Crippen MR) is 87.1 cm³/mol. The highest BCUT2D eigenvalue weighted by atomic mass is 16.2. The molecule has 0 unspecified atom stereocenters. The molecule has 3 amide bonds. The smallest absolute Gasteiger partial charge is 0.243 e. The quantitative estimate of drug-likeness (QED) is 0.537. The van der Waals surface area contributed by atoms with Gasteiger partial charge in [-0.1, -0.05) is 30.3 Å². The third-order valence-electron chi connectivity index (χ3n) is 3.28. The topological polar surface area (TPSA) is 127 Å². The Bertz CT molecular complexity index is 566. The van der Waals surface area contributed by atoms with E-state index in [0.29, 0.717) is 0 Å². The van der Waals surface area contributed by atoms with Crippen molar-refractivity contribution >= 4 is 17.7 Å². The molecule has 7 heteroatoms. The Kier molecular flexibility index (Phi) is 6.27. The highest BCUT2D eigenvalue weighted by molar-refractivity contribution is 5.93. The monoisotopic (exact) mass is 320 g/mol. The van der Waals surface area contributed by atoms with E-state index in [-0.39, 0.29) is 6.42 Å². The highest BCUT2D eigenvalue weighted by Gasteiger charge is 2.29. The number of hydrogen-bond acceptors (Lipinski definition) is 4. The van der Waals surface area contributed by atoms with Gasteiger partial charge in [-0.25, -0.2) is 0 Å². The second-order valence-electron chi connectivity index (χ2n) is 6.07. The van der Waals surface area contributed by atoms with Gasteiger partial charge in [0.25, 0.3) is 0 Å². The molecule has 6 N–H and O–H groups in total. The van der Waals surface area contributed by atoms with E-state index in [2.05, 4.69) is 10.6 Å². The number of benzene rings is 1. The Morgan fingerprint density at radius 1 is 1.13 bits per heavy atom. The number of nitrogens with two attached hydrogens (primary N) is 2. The summed E-state index contributed by atoms with van der Waals surface area (Å²) in [6.45, 7) is 4.58. The van der Waals surface area contributed by atoms with Crippen LogP contribution in [-0.2, 0) is 20.8 Å². The number of primary amides is 1. The number of carbonyl (C=O) groups is 3. The van der Waals surface area contributed by atoms with Crippen LogP contribution in [0.15, 0.2) is 30.3 Å². The molecule has 0 saturated carbocycles. The van der Waals surface area contributed by atoms with E-state index in [1.807, 2.05) is 30.3 Å². The minimum absolute atomic E-state index is 0.278. The standard InChI is InChI=1S/C16H24N4O3/c1-10(13(17)21)19-14(22)12(20-15(23)16(2,3)18)9-11-7-5-4-6-8-11/h4-8,10,12H,9,18H2,1-3H3,(H2,17,21)(H,19,22)(H,20,23)/t10-,12-/m0/s1. The molecule has 1 aromatic rings. The van der Waals surface area contributed by atoms with Crippen molar-refractivity contribution in [1.29, 1.82) is 0 Å². The van der Waals surface area contributed by atoms with Gasteiger partial charge in [-0.3, -0.25) is 14.4 Å². The van der Waals surface area contributed by atoms with E-state index >= 15 is 0 Å². The molecule has 0 saturated heterocycles. The van der Waals surface area contributed by atoms with Crippen molar-refractivity contribution < 1.29 is 14.4 Å². The molecule has 0 radical (unpaired) electrons. The summed E-state index contributed by atoms with van der Waals surface area (Å²) in [6, 6.07) is 7.54. The fourth-order valence-corrected chi connectivity index (χ4v) is 1.79. The van der Waals surface area contributed by atoms with Gasteiger partial charge < -0.3 is 22.1 Å². The number of amides is 3. The summed E-state index contributed by atoms with van der Waals surface area (Å²) in [7, 11) is 0.